The third-order valence-corrected chi connectivity index (χ3v) is 4.95. The summed E-state index contributed by atoms with van der Waals surface area (Å²) in [5.74, 6) is 0.789. The first-order chi connectivity index (χ1) is 9.83. The third kappa shape index (κ3) is 4.47. The number of rotatable bonds is 4. The summed E-state index contributed by atoms with van der Waals surface area (Å²) in [7, 11) is 0. The smallest absolute Gasteiger partial charge is 0.225 e. The van der Waals surface area contributed by atoms with Crippen LogP contribution in [0.4, 0.5) is 0 Å². The van der Waals surface area contributed by atoms with Crippen molar-refractivity contribution in [3.8, 4) is 0 Å². The number of hydrogen-bond donors (Lipinski definition) is 1. The molecule has 1 amide bonds. The van der Waals surface area contributed by atoms with Gasteiger partial charge in [0.2, 0.25) is 5.91 Å². The number of nitrogens with one attached hydrogen (secondary N) is 1. The second-order valence-electron chi connectivity index (χ2n) is 6.55. The lowest BCUT2D eigenvalue weighted by atomic mass is 9.89. The number of piperidine rings is 1. The molecular weight excluding hydrogens is 248 g/mol. The van der Waals surface area contributed by atoms with Gasteiger partial charge in [0.1, 0.15) is 0 Å². The molecule has 3 nitrogen and oxygen atoms in total. The fraction of sp³-hybridized carbons (Fsp3) is 0.941. The van der Waals surface area contributed by atoms with E-state index in [-0.39, 0.29) is 0 Å². The summed E-state index contributed by atoms with van der Waals surface area (Å²) in [6.07, 6.45) is 12.1. The molecule has 0 aromatic rings. The Bertz CT molecular complexity index is 279. The van der Waals surface area contributed by atoms with Gasteiger partial charge in [-0.1, -0.05) is 39.0 Å². The zero-order valence-electron chi connectivity index (χ0n) is 13.2. The van der Waals surface area contributed by atoms with Crippen LogP contribution in [0.2, 0.25) is 0 Å². The van der Waals surface area contributed by atoms with Gasteiger partial charge < -0.3 is 10.2 Å². The summed E-state index contributed by atoms with van der Waals surface area (Å²) < 4.78 is 0. The number of carbonyl (C=O) groups excluding carboxylic acids is 1. The molecule has 116 valence electrons. The van der Waals surface area contributed by atoms with Crippen LogP contribution in [0.5, 0.6) is 0 Å². The van der Waals surface area contributed by atoms with E-state index in [1.54, 1.807) is 0 Å². The maximum atomic E-state index is 13.0. The highest BCUT2D eigenvalue weighted by molar-refractivity contribution is 5.79. The Morgan fingerprint density at radius 3 is 2.20 bits per heavy atom. The van der Waals surface area contributed by atoms with Gasteiger partial charge in [0, 0.05) is 18.5 Å². The molecule has 2 aliphatic rings. The van der Waals surface area contributed by atoms with Crippen LogP contribution in [-0.2, 0) is 4.79 Å². The van der Waals surface area contributed by atoms with Gasteiger partial charge in [-0.2, -0.15) is 0 Å². The Morgan fingerprint density at radius 2 is 1.60 bits per heavy atom. The van der Waals surface area contributed by atoms with Gasteiger partial charge in [0.05, 0.1) is 0 Å². The molecule has 0 aromatic heterocycles. The van der Waals surface area contributed by atoms with Gasteiger partial charge in [-0.3, -0.25) is 4.79 Å². The molecule has 1 aliphatic heterocycles. The third-order valence-electron chi connectivity index (χ3n) is 4.95. The summed E-state index contributed by atoms with van der Waals surface area (Å²) in [6.45, 7) is 5.30. The van der Waals surface area contributed by atoms with E-state index in [1.165, 1.54) is 32.1 Å². The monoisotopic (exact) mass is 280 g/mol. The van der Waals surface area contributed by atoms with Crippen LogP contribution in [0, 0.1) is 5.92 Å². The number of carbonyl (C=O) groups is 1. The van der Waals surface area contributed by atoms with Crippen LogP contribution < -0.4 is 5.32 Å². The second kappa shape index (κ2) is 8.66. The molecule has 0 unspecified atom stereocenters. The zero-order valence-corrected chi connectivity index (χ0v) is 13.2. The van der Waals surface area contributed by atoms with Crippen molar-refractivity contribution in [2.45, 2.75) is 77.2 Å². The molecule has 0 bridgehead atoms. The molecule has 2 fully saturated rings. The average Bonchev–Trinajstić information content (AvgIpc) is 2.45. The maximum absolute atomic E-state index is 13.0. The Labute approximate surface area is 124 Å². The Hall–Kier alpha value is -0.570. The lowest BCUT2D eigenvalue weighted by Crippen LogP contribution is -2.48. The average molecular weight is 280 g/mol. The predicted octanol–water partition coefficient (Wildman–Crippen LogP) is 3.34. The van der Waals surface area contributed by atoms with E-state index in [0.717, 1.165) is 51.7 Å². The minimum Gasteiger partial charge on any atom is -0.339 e. The first-order valence-electron chi connectivity index (χ1n) is 8.84. The molecule has 1 aliphatic carbocycles. The molecule has 0 spiro atoms. The van der Waals surface area contributed by atoms with Crippen molar-refractivity contribution in [3.05, 3.63) is 0 Å². The number of hydrogen-bond acceptors (Lipinski definition) is 2. The van der Waals surface area contributed by atoms with E-state index < -0.39 is 0 Å². The standard InChI is InChI=1S/C17H32N2O/c1-2-14-19(16-10-12-18-13-11-16)17(20)15-8-6-4-3-5-7-9-15/h15-16,18H,2-14H2,1H3. The van der Waals surface area contributed by atoms with Crippen LogP contribution in [0.25, 0.3) is 0 Å². The van der Waals surface area contributed by atoms with E-state index in [0.29, 0.717) is 17.9 Å². The summed E-state index contributed by atoms with van der Waals surface area (Å²) in [4.78, 5) is 15.2. The molecule has 1 saturated heterocycles. The summed E-state index contributed by atoms with van der Waals surface area (Å²) in [5.41, 5.74) is 0. The molecular formula is C17H32N2O. The number of nitrogens with zero attached hydrogens (tertiary/aromatic N) is 1. The molecule has 0 atom stereocenters. The van der Waals surface area contributed by atoms with Gasteiger partial charge in [-0.05, 0) is 45.2 Å². The highest BCUT2D eigenvalue weighted by Crippen LogP contribution is 2.26. The van der Waals surface area contributed by atoms with Crippen LogP contribution in [0.1, 0.15) is 71.1 Å². The fourth-order valence-corrected chi connectivity index (χ4v) is 3.77. The van der Waals surface area contributed by atoms with Crippen LogP contribution in [0.15, 0.2) is 0 Å². The Balaban J connectivity index is 1.96. The SMILES string of the molecule is CCCN(C(=O)C1CCCCCCC1)C1CCNCC1. The van der Waals surface area contributed by atoms with Crippen molar-refractivity contribution in [3.63, 3.8) is 0 Å². The molecule has 0 radical (unpaired) electrons. The largest absolute Gasteiger partial charge is 0.339 e. The normalized spacial score (nSPS) is 23.1. The van der Waals surface area contributed by atoms with E-state index in [9.17, 15) is 4.79 Å². The lowest BCUT2D eigenvalue weighted by Gasteiger charge is -2.37. The zero-order chi connectivity index (χ0) is 14.2. The molecule has 1 N–H and O–H groups in total. The molecule has 20 heavy (non-hydrogen) atoms. The molecule has 1 saturated carbocycles. The van der Waals surface area contributed by atoms with E-state index in [1.807, 2.05) is 0 Å². The van der Waals surface area contributed by atoms with Crippen LogP contribution in [-0.4, -0.2) is 36.5 Å². The van der Waals surface area contributed by atoms with E-state index >= 15 is 0 Å². The first kappa shape index (κ1) is 15.8. The Kier molecular flexibility index (Phi) is 6.85. The van der Waals surface area contributed by atoms with Gasteiger partial charge >= 0.3 is 0 Å². The highest BCUT2D eigenvalue weighted by atomic mass is 16.2. The highest BCUT2D eigenvalue weighted by Gasteiger charge is 2.29. The minimum absolute atomic E-state index is 0.316. The molecule has 2 rings (SSSR count). The van der Waals surface area contributed by atoms with Gasteiger partial charge in [0.25, 0.3) is 0 Å². The van der Waals surface area contributed by atoms with Gasteiger partial charge in [0.15, 0.2) is 0 Å². The summed E-state index contributed by atoms with van der Waals surface area (Å²) >= 11 is 0. The second-order valence-corrected chi connectivity index (χ2v) is 6.55. The lowest BCUT2D eigenvalue weighted by molar-refractivity contribution is -0.139. The summed E-state index contributed by atoms with van der Waals surface area (Å²) in [6, 6.07) is 0.495. The quantitative estimate of drug-likeness (QED) is 0.856. The minimum atomic E-state index is 0.316. The maximum Gasteiger partial charge on any atom is 0.225 e. The van der Waals surface area contributed by atoms with Gasteiger partial charge in [-0.15, -0.1) is 0 Å². The van der Waals surface area contributed by atoms with Crippen molar-refractivity contribution in [2.24, 2.45) is 5.92 Å². The van der Waals surface area contributed by atoms with E-state index in [2.05, 4.69) is 17.1 Å². The topological polar surface area (TPSA) is 32.3 Å². The van der Waals surface area contributed by atoms with Crippen molar-refractivity contribution in [2.75, 3.05) is 19.6 Å². The summed E-state index contributed by atoms with van der Waals surface area (Å²) in [5, 5.41) is 3.41. The molecule has 0 aromatic carbocycles. The van der Waals surface area contributed by atoms with E-state index in [4.69, 9.17) is 0 Å². The van der Waals surface area contributed by atoms with Crippen molar-refractivity contribution in [1.82, 2.24) is 10.2 Å². The number of amides is 1. The van der Waals surface area contributed by atoms with Crippen molar-refractivity contribution in [1.29, 1.82) is 0 Å². The molecule has 1 heterocycles. The van der Waals surface area contributed by atoms with Gasteiger partial charge in [-0.25, -0.2) is 0 Å². The Morgan fingerprint density at radius 1 is 1.00 bits per heavy atom. The van der Waals surface area contributed by atoms with Crippen molar-refractivity contribution < 1.29 is 4.79 Å². The first-order valence-corrected chi connectivity index (χ1v) is 8.84. The van der Waals surface area contributed by atoms with Crippen LogP contribution in [0.3, 0.4) is 0 Å². The predicted molar refractivity (Wildman–Crippen MR) is 83.7 cm³/mol. The fourth-order valence-electron chi connectivity index (χ4n) is 3.77. The molecule has 3 heteroatoms. The van der Waals surface area contributed by atoms with Crippen LogP contribution >= 0.6 is 0 Å². The van der Waals surface area contributed by atoms with Crippen molar-refractivity contribution >= 4 is 5.91 Å².